The molecule has 0 spiro atoms. The van der Waals surface area contributed by atoms with E-state index in [1.807, 2.05) is 22.6 Å². The molecule has 1 aromatic heterocycles. The first-order chi connectivity index (χ1) is 9.15. The molecule has 1 unspecified atom stereocenters. The van der Waals surface area contributed by atoms with E-state index < -0.39 is 0 Å². The minimum absolute atomic E-state index is 0.135. The van der Waals surface area contributed by atoms with E-state index in [2.05, 4.69) is 6.92 Å². The van der Waals surface area contributed by atoms with Crippen LogP contribution in [0.4, 0.5) is 5.69 Å². The molecule has 0 aliphatic carbocycles. The fourth-order valence-corrected chi connectivity index (χ4v) is 2.91. The van der Waals surface area contributed by atoms with Crippen molar-refractivity contribution < 1.29 is 4.79 Å². The van der Waals surface area contributed by atoms with Crippen LogP contribution < -0.4 is 5.73 Å². The maximum Gasteiger partial charge on any atom is 0.270 e. The van der Waals surface area contributed by atoms with E-state index in [0.29, 0.717) is 5.69 Å². The number of aryl methyl sites for hydroxylation is 1. The summed E-state index contributed by atoms with van der Waals surface area (Å²) in [7, 11) is 0. The normalized spacial score (nSPS) is 20.3. The topological polar surface area (TPSA) is 51.3 Å². The summed E-state index contributed by atoms with van der Waals surface area (Å²) in [4.78, 5) is 14.6. The summed E-state index contributed by atoms with van der Waals surface area (Å²) >= 11 is 0. The summed E-state index contributed by atoms with van der Waals surface area (Å²) in [5.74, 6) is 0.913. The lowest BCUT2D eigenvalue weighted by Gasteiger charge is -2.21. The Labute approximate surface area is 115 Å². The summed E-state index contributed by atoms with van der Waals surface area (Å²) in [5.41, 5.74) is 7.21. The number of nitrogens with two attached hydrogens (primary N) is 1. The maximum atomic E-state index is 12.6. The molecule has 0 radical (unpaired) electrons. The highest BCUT2D eigenvalue weighted by molar-refractivity contribution is 5.93. The summed E-state index contributed by atoms with van der Waals surface area (Å²) in [6, 6.07) is 1.80. The molecule has 0 aromatic carbocycles. The lowest BCUT2D eigenvalue weighted by molar-refractivity contribution is 0.0749. The van der Waals surface area contributed by atoms with Crippen LogP contribution in [0.3, 0.4) is 0 Å². The molecule has 1 aliphatic heterocycles. The Balaban J connectivity index is 2.10. The number of hydrogen-bond donors (Lipinski definition) is 1. The zero-order chi connectivity index (χ0) is 13.8. The second-order valence-corrected chi connectivity index (χ2v) is 5.44. The number of hydrogen-bond acceptors (Lipinski definition) is 2. The predicted octanol–water partition coefficient (Wildman–Crippen LogP) is 2.74. The monoisotopic (exact) mass is 263 g/mol. The fraction of sp³-hybridized carbons (Fsp3) is 0.667. The molecular formula is C15H25N3O. The van der Waals surface area contributed by atoms with Crippen LogP contribution in [0.1, 0.15) is 50.0 Å². The van der Waals surface area contributed by atoms with Crippen LogP contribution in [0.2, 0.25) is 0 Å². The molecule has 1 aliphatic rings. The van der Waals surface area contributed by atoms with Gasteiger partial charge in [-0.15, -0.1) is 0 Å². The first kappa shape index (κ1) is 14.0. The van der Waals surface area contributed by atoms with Gasteiger partial charge in [-0.1, -0.05) is 13.3 Å². The summed E-state index contributed by atoms with van der Waals surface area (Å²) in [6.07, 6.45) is 6.56. The molecule has 0 saturated carbocycles. The van der Waals surface area contributed by atoms with E-state index in [4.69, 9.17) is 5.73 Å². The highest BCUT2D eigenvalue weighted by Gasteiger charge is 2.23. The van der Waals surface area contributed by atoms with Gasteiger partial charge in [-0.3, -0.25) is 4.79 Å². The highest BCUT2D eigenvalue weighted by Crippen LogP contribution is 2.22. The Hall–Kier alpha value is -1.45. The van der Waals surface area contributed by atoms with Gasteiger partial charge in [-0.2, -0.15) is 0 Å². The van der Waals surface area contributed by atoms with Crippen LogP contribution in [0, 0.1) is 5.92 Å². The Morgan fingerprint density at radius 1 is 1.37 bits per heavy atom. The van der Waals surface area contributed by atoms with Gasteiger partial charge in [0.25, 0.3) is 5.91 Å². The second kappa shape index (κ2) is 6.13. The van der Waals surface area contributed by atoms with Crippen LogP contribution in [0.5, 0.6) is 0 Å². The minimum Gasteiger partial charge on any atom is -0.397 e. The van der Waals surface area contributed by atoms with Crippen molar-refractivity contribution in [2.75, 3.05) is 18.8 Å². The number of carbonyl (C=O) groups is 1. The van der Waals surface area contributed by atoms with Gasteiger partial charge in [-0.25, -0.2) is 0 Å². The van der Waals surface area contributed by atoms with Crippen LogP contribution in [-0.4, -0.2) is 28.5 Å². The molecule has 4 nitrogen and oxygen atoms in total. The van der Waals surface area contributed by atoms with Gasteiger partial charge in [-0.05, 0) is 38.2 Å². The van der Waals surface area contributed by atoms with E-state index in [1.165, 1.54) is 12.8 Å². The van der Waals surface area contributed by atoms with E-state index in [-0.39, 0.29) is 5.91 Å². The Bertz CT molecular complexity index is 439. The van der Waals surface area contributed by atoms with Gasteiger partial charge in [0.05, 0.1) is 5.69 Å². The molecule has 0 bridgehead atoms. The summed E-state index contributed by atoms with van der Waals surface area (Å²) in [5, 5.41) is 0. The molecule has 4 heteroatoms. The molecule has 1 saturated heterocycles. The van der Waals surface area contributed by atoms with Crippen molar-refractivity contribution in [2.45, 2.75) is 46.1 Å². The van der Waals surface area contributed by atoms with Crippen LogP contribution in [0.25, 0.3) is 0 Å². The third-order valence-corrected chi connectivity index (χ3v) is 4.19. The third kappa shape index (κ3) is 3.11. The SMILES string of the molecule is CCC1CCCN(C(=O)c2cc(N)cn2CC)CC1. The smallest absolute Gasteiger partial charge is 0.270 e. The van der Waals surface area contributed by atoms with Crippen molar-refractivity contribution in [1.82, 2.24) is 9.47 Å². The number of nitrogens with zero attached hydrogens (tertiary/aromatic N) is 2. The number of likely N-dealkylation sites (tertiary alicyclic amines) is 1. The van der Waals surface area contributed by atoms with Gasteiger partial charge >= 0.3 is 0 Å². The Morgan fingerprint density at radius 2 is 2.16 bits per heavy atom. The summed E-state index contributed by atoms with van der Waals surface area (Å²) in [6.45, 7) is 6.82. The van der Waals surface area contributed by atoms with Crippen LogP contribution in [-0.2, 0) is 6.54 Å². The average Bonchev–Trinajstić information content (AvgIpc) is 2.64. The van der Waals surface area contributed by atoms with Crippen molar-refractivity contribution in [3.05, 3.63) is 18.0 Å². The van der Waals surface area contributed by atoms with E-state index in [1.54, 1.807) is 6.07 Å². The highest BCUT2D eigenvalue weighted by atomic mass is 16.2. The zero-order valence-electron chi connectivity index (χ0n) is 12.1. The minimum atomic E-state index is 0.135. The molecular weight excluding hydrogens is 238 g/mol. The lowest BCUT2D eigenvalue weighted by Crippen LogP contribution is -2.33. The molecule has 19 heavy (non-hydrogen) atoms. The van der Waals surface area contributed by atoms with Crippen molar-refractivity contribution in [3.8, 4) is 0 Å². The summed E-state index contributed by atoms with van der Waals surface area (Å²) < 4.78 is 1.94. The number of rotatable bonds is 3. The number of aromatic nitrogens is 1. The molecule has 1 fully saturated rings. The van der Waals surface area contributed by atoms with Crippen molar-refractivity contribution in [3.63, 3.8) is 0 Å². The zero-order valence-corrected chi connectivity index (χ0v) is 12.1. The molecule has 1 aromatic rings. The molecule has 106 valence electrons. The third-order valence-electron chi connectivity index (χ3n) is 4.19. The van der Waals surface area contributed by atoms with Crippen molar-refractivity contribution >= 4 is 11.6 Å². The fourth-order valence-electron chi connectivity index (χ4n) is 2.91. The van der Waals surface area contributed by atoms with Gasteiger partial charge in [0, 0.05) is 25.8 Å². The van der Waals surface area contributed by atoms with Gasteiger partial charge < -0.3 is 15.2 Å². The maximum absolute atomic E-state index is 12.6. The van der Waals surface area contributed by atoms with E-state index >= 15 is 0 Å². The predicted molar refractivity (Wildman–Crippen MR) is 78.1 cm³/mol. The van der Waals surface area contributed by atoms with E-state index in [9.17, 15) is 4.79 Å². The number of nitrogen functional groups attached to an aromatic ring is 1. The number of carbonyl (C=O) groups excluding carboxylic acids is 1. The molecule has 2 rings (SSSR count). The van der Waals surface area contributed by atoms with Gasteiger partial charge in [0.1, 0.15) is 5.69 Å². The Kier molecular flexibility index (Phi) is 4.51. The van der Waals surface area contributed by atoms with E-state index in [0.717, 1.165) is 44.1 Å². The number of amides is 1. The van der Waals surface area contributed by atoms with Gasteiger partial charge in [0.15, 0.2) is 0 Å². The number of anilines is 1. The van der Waals surface area contributed by atoms with Crippen molar-refractivity contribution in [1.29, 1.82) is 0 Å². The first-order valence-corrected chi connectivity index (χ1v) is 7.40. The Morgan fingerprint density at radius 3 is 2.84 bits per heavy atom. The average molecular weight is 263 g/mol. The largest absolute Gasteiger partial charge is 0.397 e. The van der Waals surface area contributed by atoms with Crippen molar-refractivity contribution in [2.24, 2.45) is 5.92 Å². The standard InChI is InChI=1S/C15H25N3O/c1-3-12-6-5-8-18(9-7-12)15(19)14-10-13(16)11-17(14)4-2/h10-12H,3-9,16H2,1-2H3. The quantitative estimate of drug-likeness (QED) is 0.911. The van der Waals surface area contributed by atoms with Crippen LogP contribution in [0.15, 0.2) is 12.3 Å². The second-order valence-electron chi connectivity index (χ2n) is 5.44. The lowest BCUT2D eigenvalue weighted by atomic mass is 9.98. The molecule has 1 atom stereocenters. The first-order valence-electron chi connectivity index (χ1n) is 7.40. The van der Waals surface area contributed by atoms with Gasteiger partial charge in [0.2, 0.25) is 0 Å². The van der Waals surface area contributed by atoms with Crippen LogP contribution >= 0.6 is 0 Å². The molecule has 1 amide bonds. The molecule has 2 N–H and O–H groups in total. The molecule has 2 heterocycles.